The Morgan fingerprint density at radius 2 is 1.90 bits per heavy atom. The van der Waals surface area contributed by atoms with Gasteiger partial charge in [-0.3, -0.25) is 4.79 Å². The maximum absolute atomic E-state index is 13.3. The number of hydrogen-bond donors (Lipinski definition) is 1. The summed E-state index contributed by atoms with van der Waals surface area (Å²) in [7, 11) is 3.30. The van der Waals surface area contributed by atoms with Crippen LogP contribution in [0, 0.1) is 6.92 Å². The van der Waals surface area contributed by atoms with Crippen molar-refractivity contribution in [3.05, 3.63) is 52.6 Å². The number of nitrogens with one attached hydrogen (secondary N) is 1. The molecule has 5 nitrogen and oxygen atoms in total. The number of hydrogen-bond acceptors (Lipinski definition) is 4. The molecule has 29 heavy (non-hydrogen) atoms. The van der Waals surface area contributed by atoms with Crippen LogP contribution in [-0.4, -0.2) is 25.7 Å². The molecule has 0 saturated carbocycles. The highest BCUT2D eigenvalue weighted by Crippen LogP contribution is 2.41. The van der Waals surface area contributed by atoms with E-state index in [1.165, 1.54) is 0 Å². The number of fused-ring (bicyclic) bond motifs is 1. The second-order valence-electron chi connectivity index (χ2n) is 8.56. The van der Waals surface area contributed by atoms with Gasteiger partial charge >= 0.3 is 0 Å². The Hall–Kier alpha value is -2.69. The van der Waals surface area contributed by atoms with Crippen LogP contribution in [0.15, 0.2) is 30.3 Å². The number of carbonyl (C=O) groups excluding carboxylic acids is 1. The van der Waals surface area contributed by atoms with Gasteiger partial charge in [0.05, 0.1) is 20.3 Å². The van der Waals surface area contributed by atoms with Crippen LogP contribution in [0.1, 0.15) is 73.1 Å². The van der Waals surface area contributed by atoms with Gasteiger partial charge in [-0.05, 0) is 68.1 Å². The molecule has 0 bridgehead atoms. The Balaban J connectivity index is 1.96. The van der Waals surface area contributed by atoms with Crippen LogP contribution in [0.25, 0.3) is 0 Å². The van der Waals surface area contributed by atoms with E-state index in [9.17, 15) is 4.79 Å². The topological polar surface area (TPSA) is 56.8 Å². The zero-order valence-electron chi connectivity index (χ0n) is 18.4. The molecule has 0 spiro atoms. The fraction of sp³-hybridized carbons (Fsp3) is 0.458. The van der Waals surface area contributed by atoms with Crippen molar-refractivity contribution < 1.29 is 19.0 Å². The summed E-state index contributed by atoms with van der Waals surface area (Å²) >= 11 is 0. The van der Waals surface area contributed by atoms with Gasteiger partial charge in [0.1, 0.15) is 22.8 Å². The fourth-order valence-electron chi connectivity index (χ4n) is 3.90. The summed E-state index contributed by atoms with van der Waals surface area (Å²) in [5, 5.41) is 3.23. The molecule has 0 aliphatic carbocycles. The molecule has 1 heterocycles. The molecule has 1 N–H and O–H groups in total. The average Bonchev–Trinajstić information content (AvgIpc) is 2.66. The third kappa shape index (κ3) is 4.34. The highest BCUT2D eigenvalue weighted by molar-refractivity contribution is 5.96. The number of aryl methyl sites for hydroxylation is 1. The minimum absolute atomic E-state index is 0.0940. The third-order valence-electron chi connectivity index (χ3n) is 5.42. The summed E-state index contributed by atoms with van der Waals surface area (Å²) < 4.78 is 17.0. The van der Waals surface area contributed by atoms with E-state index in [2.05, 4.69) is 19.2 Å². The monoisotopic (exact) mass is 397 g/mol. The minimum Gasteiger partial charge on any atom is -0.497 e. The molecular formula is C24H31NO4. The van der Waals surface area contributed by atoms with E-state index in [4.69, 9.17) is 14.2 Å². The van der Waals surface area contributed by atoms with Crippen LogP contribution < -0.4 is 19.5 Å². The van der Waals surface area contributed by atoms with E-state index in [0.29, 0.717) is 12.0 Å². The van der Waals surface area contributed by atoms with Gasteiger partial charge in [-0.25, -0.2) is 0 Å². The van der Waals surface area contributed by atoms with Crippen molar-refractivity contribution in [3.8, 4) is 17.2 Å². The number of carbonyl (C=O) groups is 1. The molecule has 156 valence electrons. The molecule has 0 unspecified atom stereocenters. The van der Waals surface area contributed by atoms with E-state index in [1.807, 2.05) is 51.1 Å². The maximum atomic E-state index is 13.3. The second kappa shape index (κ2) is 7.97. The molecular weight excluding hydrogens is 366 g/mol. The van der Waals surface area contributed by atoms with Crippen molar-refractivity contribution >= 4 is 5.91 Å². The van der Waals surface area contributed by atoms with Gasteiger partial charge in [-0.2, -0.15) is 0 Å². The zero-order valence-corrected chi connectivity index (χ0v) is 18.4. The molecule has 0 fully saturated rings. The predicted molar refractivity (Wildman–Crippen MR) is 114 cm³/mol. The predicted octanol–water partition coefficient (Wildman–Crippen LogP) is 5.17. The highest BCUT2D eigenvalue weighted by Gasteiger charge is 2.35. The Bertz CT molecular complexity index is 917. The molecule has 0 saturated heterocycles. The third-order valence-corrected chi connectivity index (χ3v) is 5.42. The van der Waals surface area contributed by atoms with Crippen molar-refractivity contribution in [2.24, 2.45) is 0 Å². The quantitative estimate of drug-likeness (QED) is 0.756. The summed E-state index contributed by atoms with van der Waals surface area (Å²) in [5.74, 6) is 2.50. The Labute approximate surface area is 173 Å². The second-order valence-corrected chi connectivity index (χ2v) is 8.56. The molecule has 2 aromatic rings. The van der Waals surface area contributed by atoms with E-state index in [0.717, 1.165) is 33.9 Å². The summed E-state index contributed by atoms with van der Waals surface area (Å²) in [6.07, 6.45) is 0.672. The van der Waals surface area contributed by atoms with Crippen LogP contribution in [-0.2, 0) is 0 Å². The summed E-state index contributed by atoms with van der Waals surface area (Å²) in [5.41, 5.74) is 3.14. The summed E-state index contributed by atoms with van der Waals surface area (Å²) in [6.45, 7) is 10.2. The normalized spacial score (nSPS) is 17.3. The van der Waals surface area contributed by atoms with E-state index in [-0.39, 0.29) is 23.5 Å². The number of methoxy groups -OCH3 is 2. The molecule has 5 heteroatoms. The smallest absolute Gasteiger partial charge is 0.252 e. The lowest BCUT2D eigenvalue weighted by molar-refractivity contribution is 0.0618. The summed E-state index contributed by atoms with van der Waals surface area (Å²) in [6, 6.07) is 9.45. The van der Waals surface area contributed by atoms with Gasteiger partial charge < -0.3 is 19.5 Å². The largest absolute Gasteiger partial charge is 0.497 e. The van der Waals surface area contributed by atoms with Gasteiger partial charge in [0.15, 0.2) is 0 Å². The fourth-order valence-corrected chi connectivity index (χ4v) is 3.90. The van der Waals surface area contributed by atoms with Gasteiger partial charge in [-0.15, -0.1) is 0 Å². The summed E-state index contributed by atoms with van der Waals surface area (Å²) in [4.78, 5) is 13.3. The lowest BCUT2D eigenvalue weighted by Crippen LogP contribution is -2.41. The molecule has 1 amide bonds. The Morgan fingerprint density at radius 3 is 2.52 bits per heavy atom. The van der Waals surface area contributed by atoms with Gasteiger partial charge in [-0.1, -0.05) is 13.8 Å². The molecule has 1 atom stereocenters. The lowest BCUT2D eigenvalue weighted by Gasteiger charge is -2.38. The van der Waals surface area contributed by atoms with Gasteiger partial charge in [0.2, 0.25) is 0 Å². The number of amides is 1. The van der Waals surface area contributed by atoms with Crippen molar-refractivity contribution in [2.75, 3.05) is 14.2 Å². The van der Waals surface area contributed by atoms with E-state index >= 15 is 0 Å². The molecule has 1 aliphatic rings. The van der Waals surface area contributed by atoms with Crippen LogP contribution in [0.4, 0.5) is 0 Å². The molecule has 2 aromatic carbocycles. The Kier molecular flexibility index (Phi) is 5.78. The van der Waals surface area contributed by atoms with E-state index < -0.39 is 0 Å². The van der Waals surface area contributed by atoms with Crippen molar-refractivity contribution in [1.82, 2.24) is 5.32 Å². The minimum atomic E-state index is -0.377. The molecule has 0 aromatic heterocycles. The van der Waals surface area contributed by atoms with Crippen LogP contribution >= 0.6 is 0 Å². The van der Waals surface area contributed by atoms with Crippen LogP contribution in [0.5, 0.6) is 17.2 Å². The number of benzene rings is 2. The number of ether oxygens (including phenoxy) is 3. The maximum Gasteiger partial charge on any atom is 0.252 e. The van der Waals surface area contributed by atoms with Gasteiger partial charge in [0, 0.05) is 17.5 Å². The average molecular weight is 398 g/mol. The standard InChI is InChI=1S/C24H31NO4/c1-14(2)17-12-18(15(3)10-22(17)28-7)23(26)25-20-13-24(4,5)29-21-9-8-16(27-6)11-19(20)21/h8-12,14,20H,13H2,1-7H3,(H,25,26)/t20-/m0/s1. The number of rotatable bonds is 5. The molecule has 0 radical (unpaired) electrons. The lowest BCUT2D eigenvalue weighted by atomic mass is 9.89. The highest BCUT2D eigenvalue weighted by atomic mass is 16.5. The Morgan fingerprint density at radius 1 is 1.17 bits per heavy atom. The van der Waals surface area contributed by atoms with Crippen molar-refractivity contribution in [2.45, 2.75) is 58.6 Å². The van der Waals surface area contributed by atoms with Crippen molar-refractivity contribution in [1.29, 1.82) is 0 Å². The zero-order chi connectivity index (χ0) is 21.3. The SMILES string of the molecule is COc1ccc2c(c1)[C@@H](NC(=O)c1cc(C(C)C)c(OC)cc1C)CC(C)(C)O2. The first-order chi connectivity index (χ1) is 13.6. The first-order valence-electron chi connectivity index (χ1n) is 10.0. The first kappa shape index (κ1) is 21.0. The van der Waals surface area contributed by atoms with Gasteiger partial charge in [0.25, 0.3) is 5.91 Å². The van der Waals surface area contributed by atoms with Crippen molar-refractivity contribution in [3.63, 3.8) is 0 Å². The van der Waals surface area contributed by atoms with Crippen LogP contribution in [0.3, 0.4) is 0 Å². The van der Waals surface area contributed by atoms with Crippen LogP contribution in [0.2, 0.25) is 0 Å². The van der Waals surface area contributed by atoms with E-state index in [1.54, 1.807) is 14.2 Å². The first-order valence-corrected chi connectivity index (χ1v) is 10.0. The molecule has 3 rings (SSSR count). The molecule has 1 aliphatic heterocycles.